The molecule has 0 fully saturated rings. The first kappa shape index (κ1) is 11.9. The number of hydrogen-bond acceptors (Lipinski definition) is 3. The summed E-state index contributed by atoms with van der Waals surface area (Å²) < 4.78 is 5.21. The van der Waals surface area contributed by atoms with Gasteiger partial charge in [0.2, 0.25) is 0 Å². The number of rotatable bonds is 4. The lowest BCUT2D eigenvalue weighted by Gasteiger charge is -2.07. The zero-order chi connectivity index (χ0) is 12.1. The Labute approximate surface area is 101 Å². The predicted octanol–water partition coefficient (Wildman–Crippen LogP) is 1.48. The van der Waals surface area contributed by atoms with Crippen LogP contribution in [0.5, 0.6) is 5.75 Å². The lowest BCUT2D eigenvalue weighted by Crippen LogP contribution is -2.32. The van der Waals surface area contributed by atoms with Gasteiger partial charge < -0.3 is 15.4 Å². The van der Waals surface area contributed by atoms with E-state index in [1.807, 2.05) is 19.2 Å². The third-order valence-electron chi connectivity index (χ3n) is 2.92. The average Bonchev–Trinajstić information content (AvgIpc) is 2.76. The molecule has 92 valence electrons. The molecule has 0 radical (unpaired) electrons. The van der Waals surface area contributed by atoms with E-state index in [9.17, 15) is 4.79 Å². The van der Waals surface area contributed by atoms with Gasteiger partial charge in [0.15, 0.2) is 0 Å². The van der Waals surface area contributed by atoms with Crippen LogP contribution in [0.1, 0.15) is 17.5 Å². The number of carbonyl (C=O) groups excluding carboxylic acids is 1. The van der Waals surface area contributed by atoms with Gasteiger partial charge in [0, 0.05) is 13.1 Å². The number of fused-ring (bicyclic) bond motifs is 1. The maximum Gasteiger partial charge on any atom is 0.412 e. The third kappa shape index (κ3) is 3.20. The molecule has 0 bridgehead atoms. The van der Waals surface area contributed by atoms with Crippen molar-refractivity contribution < 1.29 is 9.53 Å². The molecule has 1 amide bonds. The van der Waals surface area contributed by atoms with E-state index >= 15 is 0 Å². The molecule has 1 aromatic rings. The number of amides is 1. The summed E-state index contributed by atoms with van der Waals surface area (Å²) in [5.74, 6) is 0.632. The minimum Gasteiger partial charge on any atom is -0.410 e. The van der Waals surface area contributed by atoms with E-state index < -0.39 is 6.09 Å². The summed E-state index contributed by atoms with van der Waals surface area (Å²) in [6.45, 7) is 1.31. The number of benzene rings is 1. The van der Waals surface area contributed by atoms with Crippen molar-refractivity contribution in [1.29, 1.82) is 0 Å². The van der Waals surface area contributed by atoms with Crippen LogP contribution in [0.25, 0.3) is 0 Å². The van der Waals surface area contributed by atoms with Crippen LogP contribution < -0.4 is 15.4 Å². The molecule has 17 heavy (non-hydrogen) atoms. The number of likely N-dealkylation sites (N-methyl/N-ethyl adjacent to an activating group) is 1. The van der Waals surface area contributed by atoms with Crippen LogP contribution in [0.4, 0.5) is 4.79 Å². The maximum absolute atomic E-state index is 11.4. The van der Waals surface area contributed by atoms with Crippen molar-refractivity contribution in [1.82, 2.24) is 10.6 Å². The van der Waals surface area contributed by atoms with Crippen molar-refractivity contribution in [3.05, 3.63) is 29.3 Å². The predicted molar refractivity (Wildman–Crippen MR) is 66.4 cm³/mol. The Balaban J connectivity index is 1.88. The Bertz CT molecular complexity index is 404. The van der Waals surface area contributed by atoms with Crippen LogP contribution in [0.15, 0.2) is 18.2 Å². The third-order valence-corrected chi connectivity index (χ3v) is 2.92. The highest BCUT2D eigenvalue weighted by atomic mass is 16.6. The molecule has 0 atom stereocenters. The molecule has 0 heterocycles. The van der Waals surface area contributed by atoms with Crippen LogP contribution in [0.2, 0.25) is 0 Å². The fourth-order valence-corrected chi connectivity index (χ4v) is 2.04. The highest BCUT2D eigenvalue weighted by Gasteiger charge is 2.12. The van der Waals surface area contributed by atoms with Gasteiger partial charge in [-0.2, -0.15) is 0 Å². The van der Waals surface area contributed by atoms with Crippen molar-refractivity contribution in [2.24, 2.45) is 0 Å². The molecule has 4 nitrogen and oxygen atoms in total. The second-order valence-corrected chi connectivity index (χ2v) is 4.20. The Hall–Kier alpha value is -1.55. The molecular weight excluding hydrogens is 216 g/mol. The molecule has 0 unspecified atom stereocenters. The smallest absolute Gasteiger partial charge is 0.410 e. The van der Waals surface area contributed by atoms with Gasteiger partial charge in [-0.1, -0.05) is 6.07 Å². The maximum atomic E-state index is 11.4. The van der Waals surface area contributed by atoms with E-state index in [4.69, 9.17) is 4.74 Å². The van der Waals surface area contributed by atoms with E-state index in [0.717, 1.165) is 19.4 Å². The molecule has 4 heteroatoms. The zero-order valence-corrected chi connectivity index (χ0v) is 10.1. The minimum atomic E-state index is -0.391. The quantitative estimate of drug-likeness (QED) is 0.776. The molecule has 1 aliphatic carbocycles. The van der Waals surface area contributed by atoms with Gasteiger partial charge in [-0.05, 0) is 49.6 Å². The molecule has 2 N–H and O–H groups in total. The lowest BCUT2D eigenvalue weighted by molar-refractivity contribution is 0.200. The van der Waals surface area contributed by atoms with Crippen molar-refractivity contribution in [3.8, 4) is 5.75 Å². The van der Waals surface area contributed by atoms with E-state index in [0.29, 0.717) is 12.3 Å². The first-order chi connectivity index (χ1) is 8.29. The Morgan fingerprint density at radius 2 is 2.12 bits per heavy atom. The summed E-state index contributed by atoms with van der Waals surface area (Å²) in [5.41, 5.74) is 2.69. The Kier molecular flexibility index (Phi) is 3.98. The van der Waals surface area contributed by atoms with Gasteiger partial charge in [-0.15, -0.1) is 0 Å². The van der Waals surface area contributed by atoms with E-state index in [-0.39, 0.29) is 0 Å². The normalized spacial score (nSPS) is 13.2. The van der Waals surface area contributed by atoms with Crippen LogP contribution in [-0.4, -0.2) is 26.2 Å². The summed E-state index contributed by atoms with van der Waals surface area (Å²) in [6, 6.07) is 5.89. The number of nitrogens with one attached hydrogen (secondary N) is 2. The van der Waals surface area contributed by atoms with Crippen molar-refractivity contribution >= 4 is 6.09 Å². The zero-order valence-electron chi connectivity index (χ0n) is 10.1. The monoisotopic (exact) mass is 234 g/mol. The SMILES string of the molecule is CNCCNC(=O)Oc1ccc2c(c1)CCC2. The van der Waals surface area contributed by atoms with E-state index in [1.54, 1.807) is 0 Å². The van der Waals surface area contributed by atoms with Crippen LogP contribution in [0.3, 0.4) is 0 Å². The second-order valence-electron chi connectivity index (χ2n) is 4.20. The molecule has 0 aromatic heterocycles. The van der Waals surface area contributed by atoms with Crippen molar-refractivity contribution in [2.45, 2.75) is 19.3 Å². The standard InChI is InChI=1S/C13H18N2O2/c1-14-7-8-15-13(16)17-12-6-5-10-3-2-4-11(10)9-12/h5-6,9,14H,2-4,7-8H2,1H3,(H,15,16). The Morgan fingerprint density at radius 3 is 2.94 bits per heavy atom. The van der Waals surface area contributed by atoms with Gasteiger partial charge in [0.1, 0.15) is 5.75 Å². The summed E-state index contributed by atoms with van der Waals surface area (Å²) in [5, 5.41) is 5.63. The second kappa shape index (κ2) is 5.68. The molecular formula is C13H18N2O2. The largest absolute Gasteiger partial charge is 0.412 e. The average molecular weight is 234 g/mol. The van der Waals surface area contributed by atoms with Gasteiger partial charge in [-0.25, -0.2) is 4.79 Å². The number of ether oxygens (including phenoxy) is 1. The van der Waals surface area contributed by atoms with Gasteiger partial charge in [-0.3, -0.25) is 0 Å². The number of hydrogen-bond donors (Lipinski definition) is 2. The summed E-state index contributed by atoms with van der Waals surface area (Å²) in [4.78, 5) is 11.4. The first-order valence-corrected chi connectivity index (χ1v) is 6.01. The van der Waals surface area contributed by atoms with Crippen LogP contribution >= 0.6 is 0 Å². The lowest BCUT2D eigenvalue weighted by atomic mass is 10.1. The van der Waals surface area contributed by atoms with Gasteiger partial charge in [0.25, 0.3) is 0 Å². The van der Waals surface area contributed by atoms with Gasteiger partial charge in [0.05, 0.1) is 0 Å². The fourth-order valence-electron chi connectivity index (χ4n) is 2.04. The van der Waals surface area contributed by atoms with Crippen LogP contribution in [-0.2, 0) is 12.8 Å². The van der Waals surface area contributed by atoms with Crippen molar-refractivity contribution in [2.75, 3.05) is 20.1 Å². The van der Waals surface area contributed by atoms with E-state index in [1.165, 1.54) is 17.5 Å². The molecule has 0 aliphatic heterocycles. The molecule has 1 aliphatic rings. The minimum absolute atomic E-state index is 0.391. The van der Waals surface area contributed by atoms with Crippen LogP contribution in [0, 0.1) is 0 Å². The molecule has 2 rings (SSSR count). The highest BCUT2D eigenvalue weighted by Crippen LogP contribution is 2.25. The Morgan fingerprint density at radius 1 is 1.29 bits per heavy atom. The molecule has 0 spiro atoms. The first-order valence-electron chi connectivity index (χ1n) is 6.01. The summed E-state index contributed by atoms with van der Waals surface area (Å²) in [7, 11) is 1.84. The molecule has 0 saturated carbocycles. The fraction of sp³-hybridized carbons (Fsp3) is 0.462. The number of carbonyl (C=O) groups is 1. The topological polar surface area (TPSA) is 50.4 Å². The summed E-state index contributed by atoms with van der Waals surface area (Å²) in [6.07, 6.45) is 3.04. The van der Waals surface area contributed by atoms with E-state index in [2.05, 4.69) is 16.7 Å². The van der Waals surface area contributed by atoms with Crippen molar-refractivity contribution in [3.63, 3.8) is 0 Å². The molecule has 0 saturated heterocycles. The van der Waals surface area contributed by atoms with Gasteiger partial charge >= 0.3 is 6.09 Å². The highest BCUT2D eigenvalue weighted by molar-refractivity contribution is 5.70. The number of aryl methyl sites for hydroxylation is 2. The molecule has 1 aromatic carbocycles. The summed E-state index contributed by atoms with van der Waals surface area (Å²) >= 11 is 0.